The van der Waals surface area contributed by atoms with Crippen LogP contribution in [0.4, 0.5) is 0 Å². The molecular weight excluding hydrogens is 182 g/mol. The standard InChI is InChI=1S/C10H11NOS/c11-5-8-3-9(13-6-8)4-10(7-12)1-2-10/h3,6,12H,1-2,4,7H2. The zero-order valence-corrected chi connectivity index (χ0v) is 8.10. The molecule has 0 unspecified atom stereocenters. The summed E-state index contributed by atoms with van der Waals surface area (Å²) in [6.45, 7) is 0.285. The van der Waals surface area contributed by atoms with Crippen LogP contribution in [0.25, 0.3) is 0 Å². The Labute approximate surface area is 81.4 Å². The van der Waals surface area contributed by atoms with Gasteiger partial charge in [0.2, 0.25) is 0 Å². The number of thiophene rings is 1. The number of nitriles is 1. The van der Waals surface area contributed by atoms with Crippen molar-refractivity contribution in [2.45, 2.75) is 19.3 Å². The molecule has 1 aliphatic carbocycles. The average Bonchev–Trinajstić information content (AvgIpc) is 2.77. The van der Waals surface area contributed by atoms with Crippen LogP contribution in [-0.2, 0) is 6.42 Å². The van der Waals surface area contributed by atoms with Crippen molar-refractivity contribution >= 4 is 11.3 Å². The van der Waals surface area contributed by atoms with Crippen LogP contribution in [0.5, 0.6) is 0 Å². The van der Waals surface area contributed by atoms with Gasteiger partial charge in [0.15, 0.2) is 0 Å². The van der Waals surface area contributed by atoms with Crippen molar-refractivity contribution in [1.29, 1.82) is 5.26 Å². The number of aliphatic hydroxyl groups is 1. The highest BCUT2D eigenvalue weighted by Gasteiger charge is 2.42. The summed E-state index contributed by atoms with van der Waals surface area (Å²) >= 11 is 1.62. The molecule has 3 heteroatoms. The van der Waals surface area contributed by atoms with Gasteiger partial charge in [-0.25, -0.2) is 0 Å². The summed E-state index contributed by atoms with van der Waals surface area (Å²) in [4.78, 5) is 1.23. The van der Waals surface area contributed by atoms with Gasteiger partial charge < -0.3 is 5.11 Å². The first kappa shape index (κ1) is 8.74. The van der Waals surface area contributed by atoms with E-state index in [0.29, 0.717) is 0 Å². The zero-order chi connectivity index (χ0) is 9.31. The van der Waals surface area contributed by atoms with E-state index in [0.717, 1.165) is 24.8 Å². The molecule has 0 aromatic carbocycles. The van der Waals surface area contributed by atoms with Crippen LogP contribution in [-0.4, -0.2) is 11.7 Å². The van der Waals surface area contributed by atoms with E-state index in [1.165, 1.54) is 4.88 Å². The number of aliphatic hydroxyl groups excluding tert-OH is 1. The molecule has 0 amide bonds. The Bertz CT molecular complexity index is 346. The minimum atomic E-state index is 0.164. The maximum atomic E-state index is 9.12. The molecule has 0 aliphatic heterocycles. The molecule has 0 bridgehead atoms. The second kappa shape index (κ2) is 3.13. The lowest BCUT2D eigenvalue weighted by Crippen LogP contribution is -2.08. The average molecular weight is 193 g/mol. The smallest absolute Gasteiger partial charge is 0.1000 e. The Morgan fingerprint density at radius 3 is 2.85 bits per heavy atom. The van der Waals surface area contributed by atoms with E-state index >= 15 is 0 Å². The van der Waals surface area contributed by atoms with E-state index in [2.05, 4.69) is 6.07 Å². The summed E-state index contributed by atoms with van der Waals surface area (Å²) in [5, 5.41) is 19.6. The van der Waals surface area contributed by atoms with E-state index < -0.39 is 0 Å². The van der Waals surface area contributed by atoms with Gasteiger partial charge in [0, 0.05) is 16.9 Å². The quantitative estimate of drug-likeness (QED) is 0.797. The van der Waals surface area contributed by atoms with Gasteiger partial charge in [-0.1, -0.05) is 0 Å². The first-order chi connectivity index (χ1) is 6.28. The minimum absolute atomic E-state index is 0.164. The third kappa shape index (κ3) is 1.74. The van der Waals surface area contributed by atoms with Crippen molar-refractivity contribution in [2.75, 3.05) is 6.61 Å². The minimum Gasteiger partial charge on any atom is -0.396 e. The molecule has 0 atom stereocenters. The second-order valence-corrected chi connectivity index (χ2v) is 4.74. The van der Waals surface area contributed by atoms with Gasteiger partial charge in [-0.15, -0.1) is 11.3 Å². The molecule has 1 N–H and O–H groups in total. The Hall–Kier alpha value is -0.850. The van der Waals surface area contributed by atoms with E-state index in [9.17, 15) is 0 Å². The van der Waals surface area contributed by atoms with Crippen molar-refractivity contribution in [1.82, 2.24) is 0 Å². The first-order valence-corrected chi connectivity index (χ1v) is 5.24. The van der Waals surface area contributed by atoms with Crippen molar-refractivity contribution in [3.8, 4) is 6.07 Å². The summed E-state index contributed by atoms with van der Waals surface area (Å²) < 4.78 is 0. The molecular formula is C10H11NOS. The number of hydrogen-bond acceptors (Lipinski definition) is 3. The lowest BCUT2D eigenvalue weighted by Gasteiger charge is -2.08. The predicted octanol–water partition coefficient (Wildman–Crippen LogP) is 1.93. The Morgan fingerprint density at radius 2 is 2.38 bits per heavy atom. The molecule has 13 heavy (non-hydrogen) atoms. The highest BCUT2D eigenvalue weighted by atomic mass is 32.1. The Balaban J connectivity index is 2.06. The molecule has 68 valence electrons. The fourth-order valence-corrected chi connectivity index (χ4v) is 2.45. The van der Waals surface area contributed by atoms with Gasteiger partial charge in [0.1, 0.15) is 0 Å². The van der Waals surface area contributed by atoms with Crippen LogP contribution in [0.3, 0.4) is 0 Å². The van der Waals surface area contributed by atoms with E-state index in [1.54, 1.807) is 11.3 Å². The summed E-state index contributed by atoms with van der Waals surface area (Å²) in [6.07, 6.45) is 3.20. The molecule has 0 spiro atoms. The van der Waals surface area contributed by atoms with Crippen molar-refractivity contribution in [3.63, 3.8) is 0 Å². The Kier molecular flexibility index (Phi) is 2.10. The van der Waals surface area contributed by atoms with Crippen LogP contribution in [0.15, 0.2) is 11.4 Å². The van der Waals surface area contributed by atoms with Crippen LogP contribution in [0.2, 0.25) is 0 Å². The molecule has 1 aliphatic rings. The first-order valence-electron chi connectivity index (χ1n) is 4.36. The summed E-state index contributed by atoms with van der Waals surface area (Å²) in [5.74, 6) is 0. The van der Waals surface area contributed by atoms with Gasteiger partial charge in [-0.05, 0) is 30.7 Å². The van der Waals surface area contributed by atoms with Crippen LogP contribution in [0.1, 0.15) is 23.3 Å². The fraction of sp³-hybridized carbons (Fsp3) is 0.500. The van der Waals surface area contributed by atoms with Crippen molar-refractivity contribution in [2.24, 2.45) is 5.41 Å². The molecule has 1 fully saturated rings. The number of nitrogens with zero attached hydrogens (tertiary/aromatic N) is 1. The summed E-state index contributed by atoms with van der Waals surface area (Å²) in [7, 11) is 0. The SMILES string of the molecule is N#Cc1csc(CC2(CO)CC2)c1. The van der Waals surface area contributed by atoms with E-state index in [1.807, 2.05) is 11.4 Å². The summed E-state index contributed by atoms with van der Waals surface area (Å²) in [5.41, 5.74) is 0.908. The third-order valence-electron chi connectivity index (χ3n) is 2.62. The van der Waals surface area contributed by atoms with Crippen molar-refractivity contribution in [3.05, 3.63) is 21.9 Å². The fourth-order valence-electron chi connectivity index (χ4n) is 1.47. The van der Waals surface area contributed by atoms with Gasteiger partial charge in [-0.2, -0.15) is 5.26 Å². The number of rotatable bonds is 3. The van der Waals surface area contributed by atoms with Gasteiger partial charge >= 0.3 is 0 Å². The highest BCUT2D eigenvalue weighted by Crippen LogP contribution is 2.48. The van der Waals surface area contributed by atoms with Gasteiger partial charge in [0.05, 0.1) is 11.6 Å². The highest BCUT2D eigenvalue weighted by molar-refractivity contribution is 7.10. The van der Waals surface area contributed by atoms with Gasteiger partial charge in [0.25, 0.3) is 0 Å². The van der Waals surface area contributed by atoms with Crippen molar-refractivity contribution < 1.29 is 5.11 Å². The summed E-state index contributed by atoms with van der Waals surface area (Å²) in [6, 6.07) is 4.05. The van der Waals surface area contributed by atoms with Crippen LogP contribution < -0.4 is 0 Å². The van der Waals surface area contributed by atoms with E-state index in [4.69, 9.17) is 10.4 Å². The maximum absolute atomic E-state index is 9.12. The zero-order valence-electron chi connectivity index (χ0n) is 7.29. The Morgan fingerprint density at radius 1 is 1.62 bits per heavy atom. The normalized spacial score (nSPS) is 18.2. The lowest BCUT2D eigenvalue weighted by molar-refractivity contribution is 0.212. The monoisotopic (exact) mass is 193 g/mol. The van der Waals surface area contributed by atoms with Gasteiger partial charge in [-0.3, -0.25) is 0 Å². The largest absolute Gasteiger partial charge is 0.396 e. The molecule has 1 aromatic rings. The predicted molar refractivity (Wildman–Crippen MR) is 51.5 cm³/mol. The molecule has 0 radical (unpaired) electrons. The topological polar surface area (TPSA) is 44.0 Å². The molecule has 0 saturated heterocycles. The number of hydrogen-bond donors (Lipinski definition) is 1. The lowest BCUT2D eigenvalue weighted by atomic mass is 10.0. The molecule has 1 aromatic heterocycles. The van der Waals surface area contributed by atoms with Crippen LogP contribution >= 0.6 is 11.3 Å². The maximum Gasteiger partial charge on any atom is 0.1000 e. The van der Waals surface area contributed by atoms with E-state index in [-0.39, 0.29) is 12.0 Å². The molecule has 1 heterocycles. The van der Waals surface area contributed by atoms with Crippen LogP contribution in [0, 0.1) is 16.7 Å². The third-order valence-corrected chi connectivity index (χ3v) is 3.56. The second-order valence-electron chi connectivity index (χ2n) is 3.75. The molecule has 1 saturated carbocycles. The molecule has 2 rings (SSSR count). The molecule has 2 nitrogen and oxygen atoms in total.